The van der Waals surface area contributed by atoms with Gasteiger partial charge in [0.05, 0.1) is 0 Å². The Labute approximate surface area is 168 Å². The van der Waals surface area contributed by atoms with Crippen LogP contribution in [-0.2, 0) is 6.54 Å². The number of aromatic nitrogens is 1. The van der Waals surface area contributed by atoms with E-state index in [1.165, 1.54) is 0 Å². The third-order valence-corrected chi connectivity index (χ3v) is 3.85. The maximum Gasteiger partial charge on any atom is 0.255 e. The summed E-state index contributed by atoms with van der Waals surface area (Å²) < 4.78 is 1.77. The summed E-state index contributed by atoms with van der Waals surface area (Å²) in [5.74, 6) is -0.153. The molecule has 2 aromatic carbocycles. The Bertz CT molecular complexity index is 897. The Hall–Kier alpha value is -2.83. The van der Waals surface area contributed by atoms with Crippen molar-refractivity contribution in [2.24, 2.45) is 0 Å². The van der Waals surface area contributed by atoms with Gasteiger partial charge in [-0.3, -0.25) is 9.59 Å². The fraction of sp³-hybridized carbons (Fsp3) is 0.0952. The second-order valence-corrected chi connectivity index (χ2v) is 5.87. The van der Waals surface area contributed by atoms with E-state index in [0.29, 0.717) is 16.8 Å². The fourth-order valence-corrected chi connectivity index (χ4v) is 2.48. The molecule has 1 heterocycles. The van der Waals surface area contributed by atoms with Crippen LogP contribution >= 0.6 is 0 Å². The number of carbonyl (C=O) groups is 2. The quantitative estimate of drug-likeness (QED) is 0.442. The van der Waals surface area contributed by atoms with Gasteiger partial charge in [-0.15, -0.1) is 0 Å². The molecule has 0 atom stereocenters. The van der Waals surface area contributed by atoms with Crippen molar-refractivity contribution < 1.29 is 36.6 Å². The number of anilines is 1. The van der Waals surface area contributed by atoms with Gasteiger partial charge in [0.2, 0.25) is 12.3 Å². The lowest BCUT2D eigenvalue weighted by Gasteiger charge is -2.04. The Morgan fingerprint density at radius 3 is 2.22 bits per heavy atom. The maximum atomic E-state index is 12.4. The molecule has 3 N–H and O–H groups in total. The number of Topliss-reactive ketones (excluding diaryl/α,β-unsaturated/α-hetero) is 1. The van der Waals surface area contributed by atoms with Crippen LogP contribution in [0.2, 0.25) is 0 Å². The van der Waals surface area contributed by atoms with Gasteiger partial charge in [0.15, 0.2) is 12.4 Å². The number of aryl methyl sites for hydroxylation is 1. The van der Waals surface area contributed by atoms with Crippen LogP contribution in [0.4, 0.5) is 5.69 Å². The van der Waals surface area contributed by atoms with E-state index in [-0.39, 0.29) is 40.7 Å². The number of rotatable bonds is 5. The van der Waals surface area contributed by atoms with Crippen LogP contribution in [0.3, 0.4) is 0 Å². The summed E-state index contributed by atoms with van der Waals surface area (Å²) in [5.41, 5.74) is 3.04. The fourth-order valence-electron chi connectivity index (χ4n) is 2.48. The van der Waals surface area contributed by atoms with E-state index in [0.717, 1.165) is 5.56 Å². The number of ketones is 1. The number of hydrogen-bond donors (Lipinski definition) is 1. The molecule has 3 rings (SSSR count). The number of hydrogen-bond acceptors (Lipinski definition) is 2. The molecular weight excluding hydrogens is 408 g/mol. The van der Waals surface area contributed by atoms with Gasteiger partial charge in [0.25, 0.3) is 5.91 Å². The number of amides is 1. The molecule has 0 bridgehead atoms. The van der Waals surface area contributed by atoms with Crippen LogP contribution in [0.5, 0.6) is 0 Å². The van der Waals surface area contributed by atoms with Crippen LogP contribution in [-0.4, -0.2) is 17.2 Å². The van der Waals surface area contributed by atoms with Crippen molar-refractivity contribution in [1.82, 2.24) is 0 Å². The van der Waals surface area contributed by atoms with Crippen molar-refractivity contribution in [1.29, 1.82) is 0 Å². The van der Waals surface area contributed by atoms with Crippen molar-refractivity contribution in [3.63, 3.8) is 0 Å². The largest absolute Gasteiger partial charge is 1.00 e. The van der Waals surface area contributed by atoms with Gasteiger partial charge in [-0.1, -0.05) is 48.0 Å². The molecule has 140 valence electrons. The predicted octanol–water partition coefficient (Wildman–Crippen LogP) is -0.403. The number of carbonyl (C=O) groups excluding carboxylic acids is 2. The standard InChI is InChI=1S/C21H18N2O2.BrH.H2O/c1-16-9-11-17(12-10-16)20(24)15-23-13-5-8-19(14-23)22-21(25)18-6-3-2-4-7-18;;/h2-14H,15H2,1H3;1H;1H2. The summed E-state index contributed by atoms with van der Waals surface area (Å²) in [4.78, 5) is 24.6. The van der Waals surface area contributed by atoms with Crippen molar-refractivity contribution >= 4 is 17.4 Å². The first-order valence-electron chi connectivity index (χ1n) is 8.07. The van der Waals surface area contributed by atoms with E-state index >= 15 is 0 Å². The monoisotopic (exact) mass is 428 g/mol. The Kier molecular flexibility index (Phi) is 8.51. The lowest BCUT2D eigenvalue weighted by atomic mass is 10.1. The molecular formula is C21H21BrN2O3. The summed E-state index contributed by atoms with van der Waals surface area (Å²) in [7, 11) is 0. The highest BCUT2D eigenvalue weighted by Crippen LogP contribution is 2.08. The molecule has 1 amide bonds. The molecule has 27 heavy (non-hydrogen) atoms. The topological polar surface area (TPSA) is 81.5 Å². The molecule has 0 saturated heterocycles. The lowest BCUT2D eigenvalue weighted by molar-refractivity contribution is -0.682. The van der Waals surface area contributed by atoms with Crippen molar-refractivity contribution in [3.05, 3.63) is 95.8 Å². The molecule has 0 aliphatic heterocycles. The highest BCUT2D eigenvalue weighted by atomic mass is 79.9. The molecule has 0 radical (unpaired) electrons. The Morgan fingerprint density at radius 2 is 1.56 bits per heavy atom. The molecule has 0 spiro atoms. The van der Waals surface area contributed by atoms with Gasteiger partial charge in [-0.05, 0) is 25.1 Å². The Balaban J connectivity index is 0.00000182. The minimum atomic E-state index is -0.178. The van der Waals surface area contributed by atoms with Gasteiger partial charge in [-0.2, -0.15) is 4.57 Å². The van der Waals surface area contributed by atoms with Gasteiger partial charge in [-0.25, -0.2) is 0 Å². The second kappa shape index (κ2) is 10.4. The zero-order chi connectivity index (χ0) is 17.6. The molecule has 3 aromatic rings. The first kappa shape index (κ1) is 22.2. The van der Waals surface area contributed by atoms with Crippen LogP contribution in [0.1, 0.15) is 26.3 Å². The van der Waals surface area contributed by atoms with E-state index in [1.54, 1.807) is 29.0 Å². The van der Waals surface area contributed by atoms with Gasteiger partial charge < -0.3 is 27.8 Å². The third-order valence-electron chi connectivity index (χ3n) is 3.85. The summed E-state index contributed by atoms with van der Waals surface area (Å²) in [5, 5.41) is 2.85. The highest BCUT2D eigenvalue weighted by molar-refractivity contribution is 6.04. The van der Waals surface area contributed by atoms with E-state index < -0.39 is 0 Å². The molecule has 0 unspecified atom stereocenters. The van der Waals surface area contributed by atoms with Crippen molar-refractivity contribution in [2.45, 2.75) is 13.5 Å². The van der Waals surface area contributed by atoms with Gasteiger partial charge >= 0.3 is 0 Å². The number of nitrogens with one attached hydrogen (secondary N) is 1. The first-order valence-corrected chi connectivity index (χ1v) is 8.07. The molecule has 1 aromatic heterocycles. The lowest BCUT2D eigenvalue weighted by Crippen LogP contribution is -3.00. The molecule has 0 aliphatic rings. The van der Waals surface area contributed by atoms with Crippen molar-refractivity contribution in [2.75, 3.05) is 5.32 Å². The van der Waals surface area contributed by atoms with Gasteiger partial charge in [0, 0.05) is 17.2 Å². The summed E-state index contributed by atoms with van der Waals surface area (Å²) in [6.45, 7) is 2.21. The van der Waals surface area contributed by atoms with E-state index in [9.17, 15) is 9.59 Å². The van der Waals surface area contributed by atoms with Crippen LogP contribution in [0.15, 0.2) is 79.1 Å². The van der Waals surface area contributed by atoms with Crippen LogP contribution < -0.4 is 26.9 Å². The zero-order valence-corrected chi connectivity index (χ0v) is 16.4. The molecule has 0 aliphatic carbocycles. The number of benzene rings is 2. The average Bonchev–Trinajstić information content (AvgIpc) is 2.63. The van der Waals surface area contributed by atoms with E-state index in [4.69, 9.17) is 0 Å². The molecule has 0 saturated carbocycles. The zero-order valence-electron chi connectivity index (χ0n) is 14.9. The third kappa shape index (κ3) is 6.13. The first-order chi connectivity index (χ1) is 12.1. The Morgan fingerprint density at radius 1 is 0.889 bits per heavy atom. The van der Waals surface area contributed by atoms with Crippen LogP contribution in [0, 0.1) is 6.92 Å². The average molecular weight is 429 g/mol. The molecule has 0 fully saturated rings. The predicted molar refractivity (Wildman–Crippen MR) is 100 cm³/mol. The van der Waals surface area contributed by atoms with Gasteiger partial charge in [0.1, 0.15) is 5.69 Å². The smallest absolute Gasteiger partial charge is 0.255 e. The van der Waals surface area contributed by atoms with Crippen LogP contribution in [0.25, 0.3) is 0 Å². The molecule has 5 nitrogen and oxygen atoms in total. The van der Waals surface area contributed by atoms with Crippen molar-refractivity contribution in [3.8, 4) is 0 Å². The summed E-state index contributed by atoms with van der Waals surface area (Å²) in [6.07, 6.45) is 3.57. The number of halogens is 1. The minimum Gasteiger partial charge on any atom is -1.00 e. The second-order valence-electron chi connectivity index (χ2n) is 5.87. The highest BCUT2D eigenvalue weighted by Gasteiger charge is 2.13. The van der Waals surface area contributed by atoms with E-state index in [2.05, 4.69) is 5.32 Å². The summed E-state index contributed by atoms with van der Waals surface area (Å²) >= 11 is 0. The molecule has 6 heteroatoms. The van der Waals surface area contributed by atoms with E-state index in [1.807, 2.05) is 61.7 Å². The number of nitrogens with zero attached hydrogens (tertiary/aromatic N) is 1. The maximum absolute atomic E-state index is 12.4. The SMILES string of the molecule is Cc1ccc(C(=O)C[n+]2cccc(NC(=O)c3ccccc3)c2)cc1.O.[Br-]. The number of pyridine rings is 1. The minimum absolute atomic E-state index is 0. The normalized spacial score (nSPS) is 9.52. The summed E-state index contributed by atoms with van der Waals surface area (Å²) in [6, 6.07) is 20.1.